The smallest absolute Gasteiger partial charge is 0.147 e. The molecule has 0 amide bonds. The van der Waals surface area contributed by atoms with Crippen LogP contribution in [-0.2, 0) is 6.54 Å². The first-order chi connectivity index (χ1) is 9.63. The molecule has 0 fully saturated rings. The fraction of sp³-hybridized carbons (Fsp3) is 0.333. The number of ether oxygens (including phenoxy) is 1. The minimum absolute atomic E-state index is 0.160. The van der Waals surface area contributed by atoms with Crippen molar-refractivity contribution in [1.29, 1.82) is 0 Å². The summed E-state index contributed by atoms with van der Waals surface area (Å²) in [5, 5.41) is 13.2. The van der Waals surface area contributed by atoms with Gasteiger partial charge in [0, 0.05) is 5.56 Å². The third-order valence-corrected chi connectivity index (χ3v) is 2.90. The molecule has 0 aliphatic heterocycles. The highest BCUT2D eigenvalue weighted by Crippen LogP contribution is 2.18. The Balaban J connectivity index is 2.39. The predicted octanol–water partition coefficient (Wildman–Crippen LogP) is 1.30. The van der Waals surface area contributed by atoms with Crippen LogP contribution in [0, 0.1) is 25.7 Å². The summed E-state index contributed by atoms with van der Waals surface area (Å²) in [4.78, 5) is 4.29. The second-order valence-electron chi connectivity index (χ2n) is 4.35. The second-order valence-corrected chi connectivity index (χ2v) is 4.35. The maximum atomic E-state index is 8.83. The van der Waals surface area contributed by atoms with Gasteiger partial charge in [-0.3, -0.25) is 0 Å². The van der Waals surface area contributed by atoms with E-state index in [0.29, 0.717) is 6.54 Å². The molecule has 5 heteroatoms. The maximum Gasteiger partial charge on any atom is 0.147 e. The van der Waals surface area contributed by atoms with Gasteiger partial charge in [0.15, 0.2) is 0 Å². The molecule has 1 aromatic carbocycles. The van der Waals surface area contributed by atoms with E-state index in [4.69, 9.17) is 9.84 Å². The summed E-state index contributed by atoms with van der Waals surface area (Å²) in [6, 6.07) is 5.66. The second kappa shape index (κ2) is 6.22. The molecule has 20 heavy (non-hydrogen) atoms. The Bertz CT molecular complexity index is 665. The van der Waals surface area contributed by atoms with Crippen LogP contribution in [0.5, 0.6) is 5.75 Å². The molecule has 0 saturated heterocycles. The lowest BCUT2D eigenvalue weighted by Gasteiger charge is -2.08. The SMILES string of the molecule is COc1ccc(C#CCO)c(Cn2nc(C)nc2C)c1. The monoisotopic (exact) mass is 271 g/mol. The van der Waals surface area contributed by atoms with E-state index >= 15 is 0 Å². The van der Waals surface area contributed by atoms with E-state index in [1.807, 2.05) is 36.7 Å². The minimum Gasteiger partial charge on any atom is -0.497 e. The number of aromatic nitrogens is 3. The van der Waals surface area contributed by atoms with Gasteiger partial charge >= 0.3 is 0 Å². The average Bonchev–Trinajstić information content (AvgIpc) is 2.75. The number of nitrogens with zero attached hydrogens (tertiary/aromatic N) is 3. The molecule has 0 spiro atoms. The molecule has 0 aliphatic rings. The van der Waals surface area contributed by atoms with Crippen molar-refractivity contribution in [3.63, 3.8) is 0 Å². The Kier molecular flexibility index (Phi) is 4.38. The molecular weight excluding hydrogens is 254 g/mol. The lowest BCUT2D eigenvalue weighted by molar-refractivity contribution is 0.350. The van der Waals surface area contributed by atoms with Gasteiger partial charge in [-0.05, 0) is 37.6 Å². The third-order valence-electron chi connectivity index (χ3n) is 2.90. The number of aliphatic hydroxyl groups is 1. The Morgan fingerprint density at radius 1 is 1.35 bits per heavy atom. The Labute approximate surface area is 118 Å². The number of aliphatic hydroxyl groups excluding tert-OH is 1. The van der Waals surface area contributed by atoms with Gasteiger partial charge in [0.05, 0.1) is 13.7 Å². The summed E-state index contributed by atoms with van der Waals surface area (Å²) >= 11 is 0. The van der Waals surface area contributed by atoms with Gasteiger partial charge in [-0.1, -0.05) is 11.8 Å². The van der Waals surface area contributed by atoms with E-state index in [9.17, 15) is 0 Å². The van der Waals surface area contributed by atoms with Crippen molar-refractivity contribution in [3.8, 4) is 17.6 Å². The van der Waals surface area contributed by atoms with Crippen LogP contribution in [0.4, 0.5) is 0 Å². The van der Waals surface area contributed by atoms with E-state index in [2.05, 4.69) is 21.9 Å². The average molecular weight is 271 g/mol. The van der Waals surface area contributed by atoms with Crippen LogP contribution in [0.2, 0.25) is 0 Å². The molecule has 0 unspecified atom stereocenters. The number of hydrogen-bond acceptors (Lipinski definition) is 4. The van der Waals surface area contributed by atoms with E-state index in [-0.39, 0.29) is 6.61 Å². The first-order valence-corrected chi connectivity index (χ1v) is 6.28. The highest BCUT2D eigenvalue weighted by atomic mass is 16.5. The molecule has 0 bridgehead atoms. The Hall–Kier alpha value is -2.32. The van der Waals surface area contributed by atoms with Gasteiger partial charge in [0.25, 0.3) is 0 Å². The topological polar surface area (TPSA) is 60.2 Å². The molecule has 1 heterocycles. The van der Waals surface area contributed by atoms with Gasteiger partial charge in [0.1, 0.15) is 24.0 Å². The van der Waals surface area contributed by atoms with Crippen molar-refractivity contribution in [2.45, 2.75) is 20.4 Å². The molecule has 0 atom stereocenters. The Morgan fingerprint density at radius 3 is 2.75 bits per heavy atom. The van der Waals surface area contributed by atoms with Crippen molar-refractivity contribution in [2.24, 2.45) is 0 Å². The van der Waals surface area contributed by atoms with Gasteiger partial charge in [-0.2, -0.15) is 5.10 Å². The number of aryl methyl sites for hydroxylation is 2. The standard InChI is InChI=1S/C15H17N3O2/c1-11-16-12(2)18(17-11)10-14-9-15(20-3)7-6-13(14)5-4-8-19/h6-7,9,19H,8,10H2,1-3H3. The van der Waals surface area contributed by atoms with Gasteiger partial charge in [-0.25, -0.2) is 9.67 Å². The third kappa shape index (κ3) is 3.16. The molecule has 5 nitrogen and oxygen atoms in total. The van der Waals surface area contributed by atoms with Crippen LogP contribution in [0.3, 0.4) is 0 Å². The molecular formula is C15H17N3O2. The summed E-state index contributed by atoms with van der Waals surface area (Å²) in [6.45, 7) is 4.19. The molecule has 2 aromatic rings. The van der Waals surface area contributed by atoms with Gasteiger partial charge in [0.2, 0.25) is 0 Å². The van der Waals surface area contributed by atoms with Crippen molar-refractivity contribution >= 4 is 0 Å². The first kappa shape index (κ1) is 14.1. The summed E-state index contributed by atoms with van der Waals surface area (Å²) in [5.74, 6) is 7.98. The summed E-state index contributed by atoms with van der Waals surface area (Å²) in [7, 11) is 1.63. The number of methoxy groups -OCH3 is 1. The zero-order valence-electron chi connectivity index (χ0n) is 11.8. The van der Waals surface area contributed by atoms with Gasteiger partial charge < -0.3 is 9.84 Å². The Morgan fingerprint density at radius 2 is 2.15 bits per heavy atom. The number of rotatable bonds is 3. The van der Waals surface area contributed by atoms with E-state index in [1.54, 1.807) is 7.11 Å². The van der Waals surface area contributed by atoms with Crippen LogP contribution >= 0.6 is 0 Å². The molecule has 0 radical (unpaired) electrons. The van der Waals surface area contributed by atoms with Crippen LogP contribution < -0.4 is 4.74 Å². The van der Waals surface area contributed by atoms with Gasteiger partial charge in [-0.15, -0.1) is 0 Å². The molecule has 1 aromatic heterocycles. The molecule has 0 aliphatic carbocycles. The van der Waals surface area contributed by atoms with Crippen molar-refractivity contribution in [2.75, 3.05) is 13.7 Å². The summed E-state index contributed by atoms with van der Waals surface area (Å²) in [5.41, 5.74) is 1.84. The molecule has 2 rings (SSSR count). The highest BCUT2D eigenvalue weighted by Gasteiger charge is 2.08. The summed E-state index contributed by atoms with van der Waals surface area (Å²) in [6.07, 6.45) is 0. The molecule has 1 N–H and O–H groups in total. The van der Waals surface area contributed by atoms with Crippen LogP contribution in [0.15, 0.2) is 18.2 Å². The lowest BCUT2D eigenvalue weighted by Crippen LogP contribution is -2.06. The lowest BCUT2D eigenvalue weighted by atomic mass is 10.1. The number of benzene rings is 1. The van der Waals surface area contributed by atoms with Crippen LogP contribution in [0.25, 0.3) is 0 Å². The number of hydrogen-bond donors (Lipinski definition) is 1. The predicted molar refractivity (Wildman–Crippen MR) is 75.6 cm³/mol. The largest absolute Gasteiger partial charge is 0.497 e. The van der Waals surface area contributed by atoms with Crippen molar-refractivity contribution in [1.82, 2.24) is 14.8 Å². The zero-order chi connectivity index (χ0) is 14.5. The minimum atomic E-state index is -0.160. The first-order valence-electron chi connectivity index (χ1n) is 6.28. The fourth-order valence-electron chi connectivity index (χ4n) is 1.96. The van der Waals surface area contributed by atoms with Crippen LogP contribution in [0.1, 0.15) is 22.8 Å². The van der Waals surface area contributed by atoms with Crippen molar-refractivity contribution in [3.05, 3.63) is 41.0 Å². The van der Waals surface area contributed by atoms with E-state index < -0.39 is 0 Å². The van der Waals surface area contributed by atoms with E-state index in [0.717, 1.165) is 28.5 Å². The molecule has 0 saturated carbocycles. The normalized spacial score (nSPS) is 10.0. The van der Waals surface area contributed by atoms with Crippen molar-refractivity contribution < 1.29 is 9.84 Å². The zero-order valence-corrected chi connectivity index (χ0v) is 11.8. The quantitative estimate of drug-likeness (QED) is 0.855. The van der Waals surface area contributed by atoms with Crippen LogP contribution in [-0.4, -0.2) is 33.6 Å². The molecule has 104 valence electrons. The fourth-order valence-corrected chi connectivity index (χ4v) is 1.96. The van der Waals surface area contributed by atoms with E-state index in [1.165, 1.54) is 0 Å². The summed E-state index contributed by atoms with van der Waals surface area (Å²) < 4.78 is 7.07. The highest BCUT2D eigenvalue weighted by molar-refractivity contribution is 5.45. The maximum absolute atomic E-state index is 8.83.